The fraction of sp³-hybridized carbons (Fsp3) is 0.556. The predicted molar refractivity (Wildman–Crippen MR) is 184 cm³/mol. The highest BCUT2D eigenvalue weighted by Gasteiger charge is 2.23. The number of rotatable bonds is 21. The molecule has 2 aromatic carbocycles. The summed E-state index contributed by atoms with van der Waals surface area (Å²) in [5.74, 6) is -0.420. The standard InChI is InChI=1S/C36H54N4O6/c1-7-9-11-13-18-37-35(43)29-20-30(32(46-24-26(5)6)21-31(29)45-23-25(3)4)36(44)38-22-34(42)40-28-16-14-15-27(19-28)39-33(41)17-12-10-8-2/h14-16,19-21,25-26H,7-13,17-18,22-24H2,1-6H3,(H,37,43)(H,38,44)(H,39,41)(H,40,42). The molecule has 10 heteroatoms. The number of carbonyl (C=O) groups is 4. The zero-order valence-electron chi connectivity index (χ0n) is 28.6. The predicted octanol–water partition coefficient (Wildman–Crippen LogP) is 6.95. The Morgan fingerprint density at radius 3 is 1.76 bits per heavy atom. The maximum Gasteiger partial charge on any atom is 0.255 e. The smallest absolute Gasteiger partial charge is 0.255 e. The second-order valence-corrected chi connectivity index (χ2v) is 12.4. The molecule has 254 valence electrons. The summed E-state index contributed by atoms with van der Waals surface area (Å²) in [4.78, 5) is 51.7. The number of carbonyl (C=O) groups excluding carboxylic acids is 4. The number of amides is 4. The second kappa shape index (κ2) is 20.9. The van der Waals surface area contributed by atoms with Crippen molar-refractivity contribution < 1.29 is 28.7 Å². The normalized spacial score (nSPS) is 10.9. The van der Waals surface area contributed by atoms with Crippen LogP contribution in [-0.4, -0.2) is 49.9 Å². The summed E-state index contributed by atoms with van der Waals surface area (Å²) >= 11 is 0. The molecule has 0 aliphatic rings. The van der Waals surface area contributed by atoms with E-state index in [9.17, 15) is 19.2 Å². The number of hydrogen-bond acceptors (Lipinski definition) is 6. The van der Waals surface area contributed by atoms with E-state index in [4.69, 9.17) is 9.47 Å². The summed E-state index contributed by atoms with van der Waals surface area (Å²) in [6, 6.07) is 9.92. The van der Waals surface area contributed by atoms with Crippen LogP contribution in [0.2, 0.25) is 0 Å². The van der Waals surface area contributed by atoms with Crippen molar-refractivity contribution in [1.29, 1.82) is 0 Å². The number of ether oxygens (including phenoxy) is 2. The van der Waals surface area contributed by atoms with Crippen LogP contribution in [0.3, 0.4) is 0 Å². The lowest BCUT2D eigenvalue weighted by Gasteiger charge is -2.19. The van der Waals surface area contributed by atoms with Crippen LogP contribution in [0.1, 0.15) is 114 Å². The number of unbranched alkanes of at least 4 members (excludes halogenated alkanes) is 5. The van der Waals surface area contributed by atoms with Crippen LogP contribution in [0.15, 0.2) is 36.4 Å². The number of nitrogens with one attached hydrogen (secondary N) is 4. The average Bonchev–Trinajstić information content (AvgIpc) is 3.01. The molecule has 0 spiro atoms. The van der Waals surface area contributed by atoms with Crippen LogP contribution in [0.4, 0.5) is 11.4 Å². The third-order valence-corrected chi connectivity index (χ3v) is 6.88. The van der Waals surface area contributed by atoms with Gasteiger partial charge in [0.15, 0.2) is 0 Å². The third-order valence-electron chi connectivity index (χ3n) is 6.88. The summed E-state index contributed by atoms with van der Waals surface area (Å²) in [6.07, 6.45) is 7.35. The maximum absolute atomic E-state index is 13.4. The molecule has 0 aliphatic heterocycles. The molecule has 10 nitrogen and oxygen atoms in total. The van der Waals surface area contributed by atoms with Gasteiger partial charge in [0.25, 0.3) is 11.8 Å². The highest BCUT2D eigenvalue weighted by atomic mass is 16.5. The van der Waals surface area contributed by atoms with E-state index in [1.54, 1.807) is 30.3 Å². The van der Waals surface area contributed by atoms with Gasteiger partial charge in [-0.3, -0.25) is 19.2 Å². The molecule has 2 rings (SSSR count). The van der Waals surface area contributed by atoms with Gasteiger partial charge in [0.2, 0.25) is 11.8 Å². The molecule has 0 bridgehead atoms. The first kappa shape index (κ1) is 38.1. The Kier molecular flexibility index (Phi) is 17.3. The zero-order chi connectivity index (χ0) is 33.9. The number of benzene rings is 2. The average molecular weight is 639 g/mol. The Labute approximate surface area is 274 Å². The molecule has 0 unspecified atom stereocenters. The Morgan fingerprint density at radius 1 is 0.652 bits per heavy atom. The van der Waals surface area contributed by atoms with Gasteiger partial charge in [-0.25, -0.2) is 0 Å². The summed E-state index contributed by atoms with van der Waals surface area (Å²) < 4.78 is 12.0. The molecule has 4 amide bonds. The Balaban J connectivity index is 2.19. The van der Waals surface area contributed by atoms with Gasteiger partial charge in [-0.1, -0.05) is 79.7 Å². The monoisotopic (exact) mass is 638 g/mol. The molecule has 0 saturated carbocycles. The molecular weight excluding hydrogens is 584 g/mol. The minimum atomic E-state index is -0.561. The molecule has 0 fully saturated rings. The minimum Gasteiger partial charge on any atom is -0.492 e. The van der Waals surface area contributed by atoms with Gasteiger partial charge in [-0.15, -0.1) is 0 Å². The van der Waals surface area contributed by atoms with E-state index in [0.717, 1.165) is 44.9 Å². The van der Waals surface area contributed by atoms with E-state index < -0.39 is 11.8 Å². The van der Waals surface area contributed by atoms with E-state index in [-0.39, 0.29) is 47.1 Å². The highest BCUT2D eigenvalue weighted by molar-refractivity contribution is 6.05. The molecular formula is C36H54N4O6. The number of hydrogen-bond donors (Lipinski definition) is 4. The first-order valence-electron chi connectivity index (χ1n) is 16.7. The molecule has 0 aliphatic carbocycles. The summed E-state index contributed by atoms with van der Waals surface area (Å²) in [7, 11) is 0. The lowest BCUT2D eigenvalue weighted by molar-refractivity contribution is -0.116. The van der Waals surface area contributed by atoms with Gasteiger partial charge >= 0.3 is 0 Å². The van der Waals surface area contributed by atoms with Crippen molar-refractivity contribution in [2.24, 2.45) is 11.8 Å². The molecule has 46 heavy (non-hydrogen) atoms. The van der Waals surface area contributed by atoms with E-state index in [0.29, 0.717) is 43.3 Å². The van der Waals surface area contributed by atoms with Crippen LogP contribution in [-0.2, 0) is 9.59 Å². The van der Waals surface area contributed by atoms with Gasteiger partial charge < -0.3 is 30.7 Å². The lowest BCUT2D eigenvalue weighted by Crippen LogP contribution is -2.33. The van der Waals surface area contributed by atoms with Gasteiger partial charge in [0, 0.05) is 30.4 Å². The molecule has 0 aromatic heterocycles. The molecule has 2 aromatic rings. The largest absolute Gasteiger partial charge is 0.492 e. The van der Waals surface area contributed by atoms with Crippen molar-refractivity contribution in [3.05, 3.63) is 47.5 Å². The van der Waals surface area contributed by atoms with Crippen LogP contribution in [0, 0.1) is 11.8 Å². The van der Waals surface area contributed by atoms with Gasteiger partial charge in [-0.05, 0) is 48.9 Å². The zero-order valence-corrected chi connectivity index (χ0v) is 28.6. The van der Waals surface area contributed by atoms with Crippen LogP contribution >= 0.6 is 0 Å². The second-order valence-electron chi connectivity index (χ2n) is 12.4. The van der Waals surface area contributed by atoms with Crippen LogP contribution in [0.5, 0.6) is 11.5 Å². The summed E-state index contributed by atoms with van der Waals surface area (Å²) in [5.41, 5.74) is 1.42. The fourth-order valence-corrected chi connectivity index (χ4v) is 4.41. The highest BCUT2D eigenvalue weighted by Crippen LogP contribution is 2.31. The lowest BCUT2D eigenvalue weighted by atomic mass is 10.1. The van der Waals surface area contributed by atoms with E-state index in [2.05, 4.69) is 35.1 Å². The van der Waals surface area contributed by atoms with E-state index in [1.165, 1.54) is 6.07 Å². The van der Waals surface area contributed by atoms with Crippen molar-refractivity contribution in [2.45, 2.75) is 92.9 Å². The number of anilines is 2. The summed E-state index contributed by atoms with van der Waals surface area (Å²) in [6.45, 7) is 13.1. The van der Waals surface area contributed by atoms with Crippen molar-refractivity contribution in [2.75, 3.05) is 36.9 Å². The maximum atomic E-state index is 13.4. The Bertz CT molecular complexity index is 1280. The molecule has 0 heterocycles. The summed E-state index contributed by atoms with van der Waals surface area (Å²) in [5, 5.41) is 11.2. The van der Waals surface area contributed by atoms with Crippen molar-refractivity contribution >= 4 is 35.0 Å². The van der Waals surface area contributed by atoms with Crippen LogP contribution < -0.4 is 30.7 Å². The first-order chi connectivity index (χ1) is 22.0. The first-order valence-corrected chi connectivity index (χ1v) is 16.7. The third kappa shape index (κ3) is 14.3. The van der Waals surface area contributed by atoms with Gasteiger partial charge in [0.05, 0.1) is 30.9 Å². The SMILES string of the molecule is CCCCCCNC(=O)c1cc(C(=O)NCC(=O)Nc2cccc(NC(=O)CCCCC)c2)c(OCC(C)C)cc1OCC(C)C. The molecule has 0 atom stereocenters. The quantitative estimate of drug-likeness (QED) is 0.109. The van der Waals surface area contributed by atoms with E-state index >= 15 is 0 Å². The van der Waals surface area contributed by atoms with Gasteiger partial charge in [0.1, 0.15) is 11.5 Å². The topological polar surface area (TPSA) is 135 Å². The minimum absolute atomic E-state index is 0.0788. The Morgan fingerprint density at radius 2 is 1.20 bits per heavy atom. The van der Waals surface area contributed by atoms with Crippen LogP contribution in [0.25, 0.3) is 0 Å². The Hall–Kier alpha value is -4.08. The van der Waals surface area contributed by atoms with Crippen molar-refractivity contribution in [3.63, 3.8) is 0 Å². The van der Waals surface area contributed by atoms with Crippen molar-refractivity contribution in [1.82, 2.24) is 10.6 Å². The van der Waals surface area contributed by atoms with Crippen molar-refractivity contribution in [3.8, 4) is 11.5 Å². The van der Waals surface area contributed by atoms with E-state index in [1.807, 2.05) is 27.7 Å². The molecule has 4 N–H and O–H groups in total. The molecule has 0 saturated heterocycles. The molecule has 0 radical (unpaired) electrons. The van der Waals surface area contributed by atoms with Gasteiger partial charge in [-0.2, -0.15) is 0 Å². The fourth-order valence-electron chi connectivity index (χ4n) is 4.41.